The van der Waals surface area contributed by atoms with Crippen LogP contribution in [0.2, 0.25) is 0 Å². The summed E-state index contributed by atoms with van der Waals surface area (Å²) in [4.78, 5) is 10.6. The second-order valence-corrected chi connectivity index (χ2v) is 6.04. The predicted molar refractivity (Wildman–Crippen MR) is 94.4 cm³/mol. The molecular formula is C19H12N4O3. The summed E-state index contributed by atoms with van der Waals surface area (Å²) >= 11 is 0. The molecule has 0 fully saturated rings. The SMILES string of the molecule is O=[N+]([O-])c1ccc2c(c1)nnn2C1c2ccccc2Oc2ccccc21. The van der Waals surface area contributed by atoms with Crippen molar-refractivity contribution in [3.05, 3.63) is 88.0 Å². The van der Waals surface area contributed by atoms with Crippen LogP contribution in [0.5, 0.6) is 11.5 Å². The molecule has 0 spiro atoms. The standard InChI is InChI=1S/C19H12N4O3/c24-23(25)12-9-10-16-15(11-12)20-21-22(16)19-13-5-1-3-7-17(13)26-18-8-4-2-6-14(18)19/h1-11,19H. The highest BCUT2D eigenvalue weighted by Crippen LogP contribution is 2.45. The fourth-order valence-electron chi connectivity index (χ4n) is 3.38. The number of para-hydroxylation sites is 2. The maximum absolute atomic E-state index is 11.0. The van der Waals surface area contributed by atoms with Crippen molar-refractivity contribution in [2.24, 2.45) is 0 Å². The number of nitro groups is 1. The number of aromatic nitrogens is 3. The molecule has 0 N–H and O–H groups in total. The zero-order valence-electron chi connectivity index (χ0n) is 13.4. The number of benzene rings is 3. The van der Waals surface area contributed by atoms with E-state index in [1.165, 1.54) is 12.1 Å². The van der Waals surface area contributed by atoms with Gasteiger partial charge in [0.05, 0.1) is 10.4 Å². The van der Waals surface area contributed by atoms with Gasteiger partial charge in [-0.3, -0.25) is 10.1 Å². The van der Waals surface area contributed by atoms with Crippen molar-refractivity contribution in [1.82, 2.24) is 15.0 Å². The summed E-state index contributed by atoms with van der Waals surface area (Å²) < 4.78 is 7.81. The number of ether oxygens (including phenoxy) is 1. The fourth-order valence-corrected chi connectivity index (χ4v) is 3.38. The first-order valence-electron chi connectivity index (χ1n) is 8.07. The summed E-state index contributed by atoms with van der Waals surface area (Å²) in [7, 11) is 0. The third-order valence-corrected chi connectivity index (χ3v) is 4.56. The molecule has 3 aromatic carbocycles. The third kappa shape index (κ3) is 2.07. The Morgan fingerprint density at radius 2 is 1.62 bits per heavy atom. The molecule has 0 aliphatic carbocycles. The Bertz CT molecular complexity index is 1120. The first kappa shape index (κ1) is 14.6. The highest BCUT2D eigenvalue weighted by molar-refractivity contribution is 5.78. The fraction of sp³-hybridized carbons (Fsp3) is 0.0526. The number of fused-ring (bicyclic) bond motifs is 3. The summed E-state index contributed by atoms with van der Waals surface area (Å²) in [6.45, 7) is 0. The smallest absolute Gasteiger partial charge is 0.271 e. The monoisotopic (exact) mass is 344 g/mol. The molecule has 0 radical (unpaired) electrons. The Morgan fingerprint density at radius 3 is 2.27 bits per heavy atom. The molecule has 0 saturated heterocycles. The average molecular weight is 344 g/mol. The topological polar surface area (TPSA) is 83.1 Å². The molecule has 1 aromatic heterocycles. The normalized spacial score (nSPS) is 13.1. The summed E-state index contributed by atoms with van der Waals surface area (Å²) in [5.74, 6) is 1.53. The summed E-state index contributed by atoms with van der Waals surface area (Å²) in [5, 5.41) is 19.5. The molecule has 0 atom stereocenters. The molecule has 7 heteroatoms. The molecule has 126 valence electrons. The lowest BCUT2D eigenvalue weighted by molar-refractivity contribution is -0.384. The van der Waals surface area contributed by atoms with Crippen LogP contribution in [0.3, 0.4) is 0 Å². The van der Waals surface area contributed by atoms with Gasteiger partial charge >= 0.3 is 0 Å². The van der Waals surface area contributed by atoms with Crippen LogP contribution in [0.4, 0.5) is 5.69 Å². The van der Waals surface area contributed by atoms with Gasteiger partial charge in [-0.05, 0) is 18.2 Å². The maximum atomic E-state index is 11.0. The predicted octanol–water partition coefficient (Wildman–Crippen LogP) is 4.08. The Labute approximate surface area is 147 Å². The molecule has 1 aliphatic heterocycles. The number of hydrogen-bond acceptors (Lipinski definition) is 5. The van der Waals surface area contributed by atoms with Crippen LogP contribution >= 0.6 is 0 Å². The number of hydrogen-bond donors (Lipinski definition) is 0. The zero-order chi connectivity index (χ0) is 17.7. The van der Waals surface area contributed by atoms with Gasteiger partial charge in [0.1, 0.15) is 23.1 Å². The van der Waals surface area contributed by atoms with Crippen LogP contribution in [0, 0.1) is 10.1 Å². The molecule has 0 saturated carbocycles. The number of nitro benzene ring substituents is 1. The Balaban J connectivity index is 1.76. The molecule has 4 aromatic rings. The summed E-state index contributed by atoms with van der Waals surface area (Å²) in [6, 6.07) is 20.0. The second kappa shape index (κ2) is 5.38. The minimum Gasteiger partial charge on any atom is -0.457 e. The van der Waals surface area contributed by atoms with E-state index < -0.39 is 4.92 Å². The van der Waals surface area contributed by atoms with Gasteiger partial charge in [-0.2, -0.15) is 0 Å². The van der Waals surface area contributed by atoms with E-state index in [-0.39, 0.29) is 11.7 Å². The molecule has 5 rings (SSSR count). The van der Waals surface area contributed by atoms with Crippen LogP contribution in [-0.2, 0) is 0 Å². The van der Waals surface area contributed by atoms with Crippen molar-refractivity contribution in [3.8, 4) is 11.5 Å². The van der Waals surface area contributed by atoms with E-state index >= 15 is 0 Å². The number of non-ortho nitro benzene ring substituents is 1. The molecular weight excluding hydrogens is 332 g/mol. The lowest BCUT2D eigenvalue weighted by Crippen LogP contribution is -2.18. The van der Waals surface area contributed by atoms with Gasteiger partial charge in [-0.15, -0.1) is 5.10 Å². The van der Waals surface area contributed by atoms with Gasteiger partial charge < -0.3 is 4.74 Å². The van der Waals surface area contributed by atoms with Gasteiger partial charge in [0.25, 0.3) is 5.69 Å². The lowest BCUT2D eigenvalue weighted by atomic mass is 9.94. The van der Waals surface area contributed by atoms with Gasteiger partial charge in [-0.25, -0.2) is 4.68 Å². The van der Waals surface area contributed by atoms with E-state index in [4.69, 9.17) is 4.74 Å². The van der Waals surface area contributed by atoms with Crippen molar-refractivity contribution in [2.75, 3.05) is 0 Å². The Kier molecular flexibility index (Phi) is 3.02. The van der Waals surface area contributed by atoms with Crippen LogP contribution in [0.25, 0.3) is 11.0 Å². The number of rotatable bonds is 2. The van der Waals surface area contributed by atoms with E-state index in [9.17, 15) is 10.1 Å². The first-order valence-corrected chi connectivity index (χ1v) is 8.07. The van der Waals surface area contributed by atoms with E-state index in [1.54, 1.807) is 10.7 Å². The van der Waals surface area contributed by atoms with Crippen LogP contribution in [0.1, 0.15) is 17.2 Å². The molecule has 0 amide bonds. The van der Waals surface area contributed by atoms with Crippen LogP contribution in [0.15, 0.2) is 66.7 Å². The second-order valence-electron chi connectivity index (χ2n) is 6.04. The van der Waals surface area contributed by atoms with Gasteiger partial charge in [-0.1, -0.05) is 41.6 Å². The first-order chi connectivity index (χ1) is 12.7. The summed E-state index contributed by atoms with van der Waals surface area (Å²) in [5.41, 5.74) is 3.15. The van der Waals surface area contributed by atoms with Crippen molar-refractivity contribution in [2.45, 2.75) is 6.04 Å². The van der Waals surface area contributed by atoms with Crippen LogP contribution in [-0.4, -0.2) is 19.9 Å². The molecule has 26 heavy (non-hydrogen) atoms. The summed E-state index contributed by atoms with van der Waals surface area (Å²) in [6.07, 6.45) is 0. The van der Waals surface area contributed by atoms with E-state index in [2.05, 4.69) is 10.3 Å². The van der Waals surface area contributed by atoms with Crippen molar-refractivity contribution >= 4 is 16.7 Å². The van der Waals surface area contributed by atoms with E-state index in [1.807, 2.05) is 48.5 Å². The van der Waals surface area contributed by atoms with Gasteiger partial charge in [0.2, 0.25) is 0 Å². The zero-order valence-corrected chi connectivity index (χ0v) is 13.4. The molecule has 1 aliphatic rings. The van der Waals surface area contributed by atoms with Gasteiger partial charge in [0, 0.05) is 23.3 Å². The van der Waals surface area contributed by atoms with Crippen molar-refractivity contribution < 1.29 is 9.66 Å². The van der Waals surface area contributed by atoms with Gasteiger partial charge in [0.15, 0.2) is 0 Å². The average Bonchev–Trinajstić information content (AvgIpc) is 3.09. The van der Waals surface area contributed by atoms with Crippen molar-refractivity contribution in [3.63, 3.8) is 0 Å². The van der Waals surface area contributed by atoms with E-state index in [0.717, 1.165) is 28.1 Å². The van der Waals surface area contributed by atoms with Crippen LogP contribution < -0.4 is 4.74 Å². The molecule has 7 nitrogen and oxygen atoms in total. The molecule has 2 heterocycles. The van der Waals surface area contributed by atoms with Crippen molar-refractivity contribution in [1.29, 1.82) is 0 Å². The lowest BCUT2D eigenvalue weighted by Gasteiger charge is -2.28. The Hall–Kier alpha value is -3.74. The highest BCUT2D eigenvalue weighted by atomic mass is 16.6. The number of nitrogens with zero attached hydrogens (tertiary/aromatic N) is 4. The Morgan fingerprint density at radius 1 is 0.962 bits per heavy atom. The quantitative estimate of drug-likeness (QED) is 0.356. The molecule has 0 unspecified atom stereocenters. The highest BCUT2D eigenvalue weighted by Gasteiger charge is 2.30. The maximum Gasteiger partial charge on any atom is 0.271 e. The molecule has 0 bridgehead atoms. The van der Waals surface area contributed by atoms with E-state index in [0.29, 0.717) is 5.52 Å². The minimum absolute atomic E-state index is 0.00247. The largest absolute Gasteiger partial charge is 0.457 e. The minimum atomic E-state index is -0.433. The third-order valence-electron chi connectivity index (χ3n) is 4.56.